The summed E-state index contributed by atoms with van der Waals surface area (Å²) < 4.78 is 26.5. The Bertz CT molecular complexity index is 584. The number of halogens is 2. The Labute approximate surface area is 117 Å². The summed E-state index contributed by atoms with van der Waals surface area (Å²) in [5.41, 5.74) is 2.38. The zero-order valence-electron chi connectivity index (χ0n) is 11.7. The second-order valence-corrected chi connectivity index (χ2v) is 4.76. The van der Waals surface area contributed by atoms with Gasteiger partial charge in [-0.2, -0.15) is 0 Å². The minimum Gasteiger partial charge on any atom is -0.305 e. The van der Waals surface area contributed by atoms with Crippen molar-refractivity contribution in [3.05, 3.63) is 65.0 Å². The lowest BCUT2D eigenvalue weighted by molar-refractivity contribution is 0.502. The van der Waals surface area contributed by atoms with E-state index in [1.807, 2.05) is 25.1 Å². The SMILES string of the molecule is CCCNC(c1ccc(F)c(F)c1)c1cccc(C)n1. The number of aromatic nitrogens is 1. The number of hydrogen-bond acceptors (Lipinski definition) is 2. The van der Waals surface area contributed by atoms with Crippen molar-refractivity contribution >= 4 is 0 Å². The summed E-state index contributed by atoms with van der Waals surface area (Å²) in [5, 5.41) is 3.32. The van der Waals surface area contributed by atoms with Crippen LogP contribution in [0.1, 0.15) is 36.3 Å². The first-order valence-electron chi connectivity index (χ1n) is 6.73. The fourth-order valence-corrected chi connectivity index (χ4v) is 2.10. The quantitative estimate of drug-likeness (QED) is 0.899. The van der Waals surface area contributed by atoms with Crippen LogP contribution in [-0.4, -0.2) is 11.5 Å². The number of nitrogens with zero attached hydrogens (tertiary/aromatic N) is 1. The van der Waals surface area contributed by atoms with Gasteiger partial charge in [-0.25, -0.2) is 8.78 Å². The lowest BCUT2D eigenvalue weighted by Gasteiger charge is -2.19. The van der Waals surface area contributed by atoms with Gasteiger partial charge in [0.15, 0.2) is 11.6 Å². The summed E-state index contributed by atoms with van der Waals surface area (Å²) in [7, 11) is 0. The Morgan fingerprint density at radius 1 is 1.15 bits per heavy atom. The number of hydrogen-bond donors (Lipinski definition) is 1. The van der Waals surface area contributed by atoms with Crippen molar-refractivity contribution in [3.8, 4) is 0 Å². The number of aryl methyl sites for hydroxylation is 1. The third-order valence-corrected chi connectivity index (χ3v) is 3.08. The summed E-state index contributed by atoms with van der Waals surface area (Å²) in [5.74, 6) is -1.67. The summed E-state index contributed by atoms with van der Waals surface area (Å²) in [6.07, 6.45) is 0.950. The second-order valence-electron chi connectivity index (χ2n) is 4.76. The molecule has 1 N–H and O–H groups in total. The summed E-state index contributed by atoms with van der Waals surface area (Å²) in [4.78, 5) is 4.48. The van der Waals surface area contributed by atoms with Crippen LogP contribution in [0.5, 0.6) is 0 Å². The molecule has 1 aromatic heterocycles. The van der Waals surface area contributed by atoms with Gasteiger partial charge >= 0.3 is 0 Å². The molecule has 0 fully saturated rings. The highest BCUT2D eigenvalue weighted by Crippen LogP contribution is 2.22. The summed E-state index contributed by atoms with van der Waals surface area (Å²) >= 11 is 0. The molecule has 0 saturated heterocycles. The summed E-state index contributed by atoms with van der Waals surface area (Å²) in [6.45, 7) is 4.74. The van der Waals surface area contributed by atoms with Gasteiger partial charge in [-0.05, 0) is 49.7 Å². The van der Waals surface area contributed by atoms with Gasteiger partial charge in [0.05, 0.1) is 11.7 Å². The molecule has 2 rings (SSSR count). The van der Waals surface area contributed by atoms with Gasteiger partial charge in [0.2, 0.25) is 0 Å². The lowest BCUT2D eigenvalue weighted by atomic mass is 10.0. The highest BCUT2D eigenvalue weighted by molar-refractivity contribution is 5.29. The van der Waals surface area contributed by atoms with Gasteiger partial charge in [0.25, 0.3) is 0 Å². The van der Waals surface area contributed by atoms with Crippen molar-refractivity contribution < 1.29 is 8.78 Å². The second kappa shape index (κ2) is 6.57. The molecule has 0 radical (unpaired) electrons. The zero-order chi connectivity index (χ0) is 14.5. The van der Waals surface area contributed by atoms with Gasteiger partial charge in [-0.15, -0.1) is 0 Å². The van der Waals surface area contributed by atoms with E-state index >= 15 is 0 Å². The van der Waals surface area contributed by atoms with Gasteiger partial charge in [-0.3, -0.25) is 4.98 Å². The maximum Gasteiger partial charge on any atom is 0.159 e. The lowest BCUT2D eigenvalue weighted by Crippen LogP contribution is -2.24. The largest absolute Gasteiger partial charge is 0.305 e. The van der Waals surface area contributed by atoms with Crippen LogP contribution in [0.3, 0.4) is 0 Å². The molecule has 0 bridgehead atoms. The first-order chi connectivity index (χ1) is 9.61. The molecule has 0 spiro atoms. The van der Waals surface area contributed by atoms with E-state index in [-0.39, 0.29) is 6.04 Å². The van der Waals surface area contributed by atoms with Crippen molar-refractivity contribution in [1.82, 2.24) is 10.3 Å². The van der Waals surface area contributed by atoms with Crippen LogP contribution < -0.4 is 5.32 Å². The molecule has 0 saturated carbocycles. The van der Waals surface area contributed by atoms with E-state index in [9.17, 15) is 8.78 Å². The van der Waals surface area contributed by atoms with Crippen molar-refractivity contribution in [2.75, 3.05) is 6.54 Å². The molecule has 20 heavy (non-hydrogen) atoms. The molecule has 1 heterocycles. The fraction of sp³-hybridized carbons (Fsp3) is 0.312. The Balaban J connectivity index is 2.38. The van der Waals surface area contributed by atoms with Crippen LogP contribution in [0.4, 0.5) is 8.78 Å². The predicted molar refractivity (Wildman–Crippen MR) is 75.5 cm³/mol. The molecule has 0 amide bonds. The standard InChI is InChI=1S/C16H18F2N2/c1-3-9-19-16(15-6-4-5-11(2)20-15)12-7-8-13(17)14(18)10-12/h4-8,10,16,19H,3,9H2,1-2H3. The molecule has 1 aromatic carbocycles. The predicted octanol–water partition coefficient (Wildman–Crippen LogP) is 3.76. The molecule has 0 aliphatic heterocycles. The minimum absolute atomic E-state index is 0.232. The monoisotopic (exact) mass is 276 g/mol. The van der Waals surface area contributed by atoms with Gasteiger partial charge < -0.3 is 5.32 Å². The highest BCUT2D eigenvalue weighted by Gasteiger charge is 2.16. The van der Waals surface area contributed by atoms with Gasteiger partial charge in [-0.1, -0.05) is 19.1 Å². The van der Waals surface area contributed by atoms with Crippen LogP contribution in [0.25, 0.3) is 0 Å². The van der Waals surface area contributed by atoms with Crippen LogP contribution in [0.15, 0.2) is 36.4 Å². The Morgan fingerprint density at radius 3 is 2.60 bits per heavy atom. The van der Waals surface area contributed by atoms with Gasteiger partial charge in [0.1, 0.15) is 0 Å². The maximum atomic E-state index is 13.4. The molecule has 2 nitrogen and oxygen atoms in total. The van der Waals surface area contributed by atoms with Crippen molar-refractivity contribution in [3.63, 3.8) is 0 Å². The Morgan fingerprint density at radius 2 is 1.95 bits per heavy atom. The molecule has 1 atom stereocenters. The summed E-state index contributed by atoms with van der Waals surface area (Å²) in [6, 6.07) is 9.46. The van der Waals surface area contributed by atoms with Crippen molar-refractivity contribution in [2.24, 2.45) is 0 Å². The smallest absolute Gasteiger partial charge is 0.159 e. The molecule has 4 heteroatoms. The van der Waals surface area contributed by atoms with E-state index in [2.05, 4.69) is 17.2 Å². The van der Waals surface area contributed by atoms with Crippen LogP contribution in [0.2, 0.25) is 0 Å². The van der Waals surface area contributed by atoms with Crippen molar-refractivity contribution in [2.45, 2.75) is 26.3 Å². The van der Waals surface area contributed by atoms with E-state index < -0.39 is 11.6 Å². The highest BCUT2D eigenvalue weighted by atomic mass is 19.2. The molecule has 0 aliphatic carbocycles. The molecule has 1 unspecified atom stereocenters. The average Bonchev–Trinajstić information content (AvgIpc) is 2.43. The first kappa shape index (κ1) is 14.6. The first-order valence-corrected chi connectivity index (χ1v) is 6.73. The van der Waals surface area contributed by atoms with E-state index in [1.165, 1.54) is 6.07 Å². The number of pyridine rings is 1. The van der Waals surface area contributed by atoms with E-state index in [0.717, 1.165) is 30.4 Å². The van der Waals surface area contributed by atoms with Crippen LogP contribution in [0, 0.1) is 18.6 Å². The normalized spacial score (nSPS) is 12.4. The average molecular weight is 276 g/mol. The molecule has 0 aliphatic rings. The third kappa shape index (κ3) is 3.39. The minimum atomic E-state index is -0.835. The topological polar surface area (TPSA) is 24.9 Å². The maximum absolute atomic E-state index is 13.4. The Kier molecular flexibility index (Phi) is 4.79. The number of rotatable bonds is 5. The van der Waals surface area contributed by atoms with Crippen LogP contribution in [-0.2, 0) is 0 Å². The number of benzene rings is 1. The molecular weight excluding hydrogens is 258 g/mol. The fourth-order valence-electron chi connectivity index (χ4n) is 2.10. The zero-order valence-corrected chi connectivity index (χ0v) is 11.7. The molecular formula is C16H18F2N2. The molecule has 2 aromatic rings. The van der Waals surface area contributed by atoms with Gasteiger partial charge in [0, 0.05) is 5.69 Å². The molecule has 106 valence electrons. The van der Waals surface area contributed by atoms with E-state index in [0.29, 0.717) is 5.56 Å². The third-order valence-electron chi connectivity index (χ3n) is 3.08. The van der Waals surface area contributed by atoms with E-state index in [1.54, 1.807) is 6.07 Å². The number of nitrogens with one attached hydrogen (secondary N) is 1. The van der Waals surface area contributed by atoms with E-state index in [4.69, 9.17) is 0 Å². The Hall–Kier alpha value is -1.81. The van der Waals surface area contributed by atoms with Crippen molar-refractivity contribution in [1.29, 1.82) is 0 Å². The van der Waals surface area contributed by atoms with Crippen LogP contribution >= 0.6 is 0 Å².